The largest absolute Gasteiger partial charge is 0.388 e. The Kier molecular flexibility index (Phi) is 5.37. The summed E-state index contributed by atoms with van der Waals surface area (Å²) in [4.78, 5) is 18.3. The highest BCUT2D eigenvalue weighted by atomic mass is 16.5. The van der Waals surface area contributed by atoms with Gasteiger partial charge >= 0.3 is 0 Å². The Morgan fingerprint density at radius 3 is 2.45 bits per heavy atom. The number of amides is 1. The van der Waals surface area contributed by atoms with E-state index >= 15 is 0 Å². The number of rotatable bonds is 4. The Hall–Kier alpha value is -0.690. The lowest BCUT2D eigenvalue weighted by atomic mass is 9.94. The molecule has 6 nitrogen and oxygen atoms in total. The Morgan fingerprint density at radius 1 is 1.25 bits per heavy atom. The van der Waals surface area contributed by atoms with E-state index < -0.39 is 5.60 Å². The summed E-state index contributed by atoms with van der Waals surface area (Å²) in [5.41, 5.74) is -0.699. The first-order valence-corrected chi connectivity index (χ1v) is 7.43. The van der Waals surface area contributed by atoms with Crippen LogP contribution in [-0.4, -0.2) is 97.9 Å². The predicted octanol–water partition coefficient (Wildman–Crippen LogP) is -0.766. The highest BCUT2D eigenvalue weighted by Gasteiger charge is 2.32. The van der Waals surface area contributed by atoms with Crippen molar-refractivity contribution < 1.29 is 14.6 Å². The monoisotopic (exact) mass is 285 g/mol. The van der Waals surface area contributed by atoms with Crippen LogP contribution in [-0.2, 0) is 9.53 Å². The summed E-state index contributed by atoms with van der Waals surface area (Å²) in [5, 5.41) is 10.4. The zero-order valence-electron chi connectivity index (χ0n) is 12.7. The van der Waals surface area contributed by atoms with Crippen LogP contribution >= 0.6 is 0 Å². The number of nitrogens with zero attached hydrogens (tertiary/aromatic N) is 3. The molecule has 1 amide bonds. The van der Waals surface area contributed by atoms with Crippen molar-refractivity contribution in [3.8, 4) is 0 Å². The van der Waals surface area contributed by atoms with E-state index in [0.717, 1.165) is 26.2 Å². The minimum atomic E-state index is -0.699. The number of hydrogen-bond acceptors (Lipinski definition) is 5. The summed E-state index contributed by atoms with van der Waals surface area (Å²) in [6.45, 7) is 5.63. The van der Waals surface area contributed by atoms with E-state index in [4.69, 9.17) is 4.74 Å². The normalized spacial score (nSPS) is 24.1. The van der Waals surface area contributed by atoms with Gasteiger partial charge < -0.3 is 19.6 Å². The van der Waals surface area contributed by atoms with E-state index in [1.807, 2.05) is 16.8 Å². The first-order chi connectivity index (χ1) is 9.48. The third-order valence-corrected chi connectivity index (χ3v) is 4.25. The van der Waals surface area contributed by atoms with Crippen molar-refractivity contribution in [3.05, 3.63) is 0 Å². The molecule has 20 heavy (non-hydrogen) atoms. The van der Waals surface area contributed by atoms with Gasteiger partial charge in [-0.25, -0.2) is 0 Å². The second kappa shape index (κ2) is 6.85. The maximum absolute atomic E-state index is 12.2. The van der Waals surface area contributed by atoms with Crippen molar-refractivity contribution in [1.82, 2.24) is 14.7 Å². The molecule has 2 rings (SSSR count). The second-order valence-electron chi connectivity index (χ2n) is 6.19. The zero-order valence-corrected chi connectivity index (χ0v) is 12.7. The van der Waals surface area contributed by atoms with E-state index in [2.05, 4.69) is 11.9 Å². The molecule has 0 radical (unpaired) electrons. The van der Waals surface area contributed by atoms with Crippen molar-refractivity contribution >= 4 is 5.91 Å². The van der Waals surface area contributed by atoms with Gasteiger partial charge in [-0.2, -0.15) is 0 Å². The fraction of sp³-hybridized carbons (Fsp3) is 0.929. The van der Waals surface area contributed by atoms with Crippen LogP contribution in [0.15, 0.2) is 0 Å². The van der Waals surface area contributed by atoms with Crippen LogP contribution < -0.4 is 0 Å². The van der Waals surface area contributed by atoms with E-state index in [0.29, 0.717) is 39.1 Å². The first-order valence-electron chi connectivity index (χ1n) is 7.43. The van der Waals surface area contributed by atoms with Crippen LogP contribution in [0.4, 0.5) is 0 Å². The number of ether oxygens (including phenoxy) is 1. The number of hydrogen-bond donors (Lipinski definition) is 1. The molecular weight excluding hydrogens is 258 g/mol. The van der Waals surface area contributed by atoms with Gasteiger partial charge in [0.25, 0.3) is 0 Å². The third kappa shape index (κ3) is 4.41. The maximum Gasteiger partial charge on any atom is 0.236 e. The van der Waals surface area contributed by atoms with Gasteiger partial charge in [0.05, 0.1) is 12.1 Å². The smallest absolute Gasteiger partial charge is 0.236 e. The number of carbonyl (C=O) groups is 1. The molecule has 2 aliphatic heterocycles. The lowest BCUT2D eigenvalue weighted by Crippen LogP contribution is -2.52. The minimum absolute atomic E-state index is 0.163. The van der Waals surface area contributed by atoms with Crippen LogP contribution in [0.1, 0.15) is 12.8 Å². The van der Waals surface area contributed by atoms with Gasteiger partial charge in [0.15, 0.2) is 0 Å². The van der Waals surface area contributed by atoms with Crippen LogP contribution in [0.5, 0.6) is 0 Å². The standard InChI is InChI=1S/C14H27N3O3/c1-15-5-7-17(8-6-15)13(18)11-16(2)12-14(19)3-9-20-10-4-14/h19H,3-12H2,1-2H3. The molecule has 2 heterocycles. The number of likely N-dealkylation sites (N-methyl/N-ethyl adjacent to an activating group) is 2. The van der Waals surface area contributed by atoms with Crippen molar-refractivity contribution in [1.29, 1.82) is 0 Å². The molecule has 0 atom stereocenters. The van der Waals surface area contributed by atoms with Crippen LogP contribution in [0.3, 0.4) is 0 Å². The Labute approximate surface area is 121 Å². The van der Waals surface area contributed by atoms with Gasteiger partial charge in [-0.15, -0.1) is 0 Å². The Bertz CT molecular complexity index is 324. The minimum Gasteiger partial charge on any atom is -0.388 e. The number of aliphatic hydroxyl groups is 1. The molecule has 6 heteroatoms. The van der Waals surface area contributed by atoms with Crippen molar-refractivity contribution in [2.45, 2.75) is 18.4 Å². The van der Waals surface area contributed by atoms with E-state index in [9.17, 15) is 9.90 Å². The molecule has 116 valence electrons. The summed E-state index contributed by atoms with van der Waals surface area (Å²) in [6, 6.07) is 0. The summed E-state index contributed by atoms with van der Waals surface area (Å²) in [7, 11) is 3.98. The fourth-order valence-electron chi connectivity index (χ4n) is 2.85. The van der Waals surface area contributed by atoms with E-state index in [1.165, 1.54) is 0 Å². The molecule has 1 N–H and O–H groups in total. The Morgan fingerprint density at radius 2 is 1.85 bits per heavy atom. The van der Waals surface area contributed by atoms with E-state index in [1.54, 1.807) is 0 Å². The molecule has 0 aromatic rings. The number of carbonyl (C=O) groups excluding carboxylic acids is 1. The lowest BCUT2D eigenvalue weighted by molar-refractivity contribution is -0.135. The second-order valence-corrected chi connectivity index (χ2v) is 6.19. The topological polar surface area (TPSA) is 56.2 Å². The molecule has 0 bridgehead atoms. The third-order valence-electron chi connectivity index (χ3n) is 4.25. The Balaban J connectivity index is 1.75. The van der Waals surface area contributed by atoms with Crippen LogP contribution in [0, 0.1) is 0 Å². The molecule has 2 saturated heterocycles. The molecule has 0 aromatic heterocycles. The van der Waals surface area contributed by atoms with Gasteiger partial charge in [0.2, 0.25) is 5.91 Å². The average molecular weight is 285 g/mol. The van der Waals surface area contributed by atoms with Crippen molar-refractivity contribution in [3.63, 3.8) is 0 Å². The van der Waals surface area contributed by atoms with Gasteiger partial charge in [-0.1, -0.05) is 0 Å². The molecule has 0 unspecified atom stereocenters. The first kappa shape index (κ1) is 15.7. The fourth-order valence-corrected chi connectivity index (χ4v) is 2.85. The lowest BCUT2D eigenvalue weighted by Gasteiger charge is -2.37. The highest BCUT2D eigenvalue weighted by molar-refractivity contribution is 5.78. The summed E-state index contributed by atoms with van der Waals surface area (Å²) in [6.07, 6.45) is 1.31. The van der Waals surface area contributed by atoms with Gasteiger partial charge in [0, 0.05) is 58.8 Å². The molecular formula is C14H27N3O3. The van der Waals surface area contributed by atoms with Gasteiger partial charge in [0.1, 0.15) is 0 Å². The van der Waals surface area contributed by atoms with Gasteiger partial charge in [-0.05, 0) is 14.1 Å². The van der Waals surface area contributed by atoms with Crippen molar-refractivity contribution in [2.75, 3.05) is 66.6 Å². The molecule has 0 aliphatic carbocycles. The molecule has 2 fully saturated rings. The molecule has 2 aliphatic rings. The van der Waals surface area contributed by atoms with Crippen molar-refractivity contribution in [2.24, 2.45) is 0 Å². The zero-order chi connectivity index (χ0) is 14.6. The SMILES string of the molecule is CN1CCN(C(=O)CN(C)CC2(O)CCOCC2)CC1. The number of piperazine rings is 1. The molecule has 0 aromatic carbocycles. The molecule has 0 spiro atoms. The summed E-state index contributed by atoms with van der Waals surface area (Å²) < 4.78 is 5.27. The molecule has 0 saturated carbocycles. The van der Waals surface area contributed by atoms with Crippen LogP contribution in [0.2, 0.25) is 0 Å². The average Bonchev–Trinajstić information content (AvgIpc) is 2.39. The summed E-state index contributed by atoms with van der Waals surface area (Å²) >= 11 is 0. The quantitative estimate of drug-likeness (QED) is 0.735. The van der Waals surface area contributed by atoms with Gasteiger partial charge in [-0.3, -0.25) is 9.69 Å². The predicted molar refractivity (Wildman–Crippen MR) is 76.6 cm³/mol. The summed E-state index contributed by atoms with van der Waals surface area (Å²) in [5.74, 6) is 0.163. The maximum atomic E-state index is 12.2. The van der Waals surface area contributed by atoms with E-state index in [-0.39, 0.29) is 5.91 Å². The highest BCUT2D eigenvalue weighted by Crippen LogP contribution is 2.21. The van der Waals surface area contributed by atoms with Crippen LogP contribution in [0.25, 0.3) is 0 Å².